The molecule has 6 heteroatoms. The zero-order chi connectivity index (χ0) is 14.3. The first kappa shape index (κ1) is 13.0. The average Bonchev–Trinajstić information content (AvgIpc) is 2.81. The molecule has 20 heavy (non-hydrogen) atoms. The minimum Gasteiger partial charge on any atom is -0.325 e. The van der Waals surface area contributed by atoms with Gasteiger partial charge in [-0.15, -0.1) is 0 Å². The van der Waals surface area contributed by atoms with Crippen LogP contribution in [0.5, 0.6) is 0 Å². The van der Waals surface area contributed by atoms with Crippen molar-refractivity contribution in [3.05, 3.63) is 53.3 Å². The minimum atomic E-state index is -0.333. The number of aromatic nitrogens is 1. The number of nitrogens with two attached hydrogens (primary N) is 1. The Kier molecular flexibility index (Phi) is 3.16. The van der Waals surface area contributed by atoms with E-state index in [0.29, 0.717) is 10.7 Å². The molecule has 2 aromatic rings. The Balaban J connectivity index is 2.11. The van der Waals surface area contributed by atoms with Gasteiger partial charge in [0.2, 0.25) is 0 Å². The molecule has 2 atom stereocenters. The lowest BCUT2D eigenvalue weighted by atomic mass is 10.1. The van der Waals surface area contributed by atoms with Crippen molar-refractivity contribution in [1.82, 2.24) is 4.68 Å². The Bertz CT molecular complexity index is 638. The molecule has 0 spiro atoms. The highest BCUT2D eigenvalue weighted by Gasteiger charge is 2.36. The second-order valence-electron chi connectivity index (χ2n) is 4.83. The van der Waals surface area contributed by atoms with Gasteiger partial charge < -0.3 is 11.2 Å². The van der Waals surface area contributed by atoms with Crippen molar-refractivity contribution in [2.45, 2.75) is 19.1 Å². The molecule has 0 saturated carbocycles. The summed E-state index contributed by atoms with van der Waals surface area (Å²) >= 11 is 6.09. The number of nitrogens with zero attached hydrogens (tertiary/aromatic N) is 2. The lowest BCUT2D eigenvalue weighted by Gasteiger charge is -2.39. The van der Waals surface area contributed by atoms with Gasteiger partial charge >= 0.3 is 0 Å². The van der Waals surface area contributed by atoms with E-state index in [1.165, 1.54) is 0 Å². The normalized spacial score (nSPS) is 19.4. The van der Waals surface area contributed by atoms with Gasteiger partial charge in [0, 0.05) is 17.9 Å². The third-order valence-corrected chi connectivity index (χ3v) is 3.65. The van der Waals surface area contributed by atoms with Gasteiger partial charge in [0.1, 0.15) is 11.9 Å². The molecule has 0 bridgehead atoms. The zero-order valence-electron chi connectivity index (χ0n) is 11.0. The number of halogens is 1. The number of anilines is 1. The van der Waals surface area contributed by atoms with Crippen LogP contribution in [0.1, 0.15) is 17.4 Å². The number of fused-ring (bicyclic) bond motifs is 1. The van der Waals surface area contributed by atoms with Crippen LogP contribution >= 0.6 is 11.6 Å². The quantitative estimate of drug-likeness (QED) is 0.889. The van der Waals surface area contributed by atoms with Crippen molar-refractivity contribution in [2.24, 2.45) is 5.73 Å². The fourth-order valence-corrected chi connectivity index (χ4v) is 2.61. The number of nitrogens with one attached hydrogen (secondary N) is 1. The van der Waals surface area contributed by atoms with Gasteiger partial charge in [-0.1, -0.05) is 29.8 Å². The highest BCUT2D eigenvalue weighted by Crippen LogP contribution is 2.28. The number of rotatable bonds is 2. The maximum atomic E-state index is 12.7. The second kappa shape index (κ2) is 4.85. The van der Waals surface area contributed by atoms with E-state index in [4.69, 9.17) is 17.3 Å². The fourth-order valence-electron chi connectivity index (χ4n) is 2.38. The molecule has 3 N–H and O–H groups in total. The summed E-state index contributed by atoms with van der Waals surface area (Å²) in [6, 6.07) is 10.9. The summed E-state index contributed by atoms with van der Waals surface area (Å²) in [4.78, 5) is 14.4. The number of para-hydroxylation sites is 1. The maximum Gasteiger partial charge on any atom is 0.280 e. The van der Waals surface area contributed by atoms with Gasteiger partial charge in [-0.2, -0.15) is 0 Å². The fraction of sp³-hybridized carbons (Fsp3) is 0.214. The summed E-state index contributed by atoms with van der Waals surface area (Å²) in [7, 11) is 0. The van der Waals surface area contributed by atoms with Gasteiger partial charge in [0.15, 0.2) is 0 Å². The molecule has 0 saturated heterocycles. The molecule has 5 nitrogen and oxygen atoms in total. The number of amides is 1. The van der Waals surface area contributed by atoms with E-state index in [9.17, 15) is 4.79 Å². The van der Waals surface area contributed by atoms with Gasteiger partial charge in [-0.3, -0.25) is 14.4 Å². The van der Waals surface area contributed by atoms with Crippen molar-refractivity contribution >= 4 is 23.2 Å². The van der Waals surface area contributed by atoms with E-state index < -0.39 is 0 Å². The molecule has 0 aliphatic carbocycles. The molecule has 0 radical (unpaired) electrons. The molecule has 1 aliphatic rings. The molecular formula is C14H15ClN4O. The molecule has 1 aliphatic heterocycles. The molecule has 2 heterocycles. The second-order valence-corrected chi connectivity index (χ2v) is 5.23. The predicted octanol–water partition coefficient (Wildman–Crippen LogP) is 2.02. The SMILES string of the molecule is C[C@H](N)C1Nn2ccc(Cl)c2C(=O)N1c1ccccc1. The topological polar surface area (TPSA) is 63.3 Å². The van der Waals surface area contributed by atoms with Crippen LogP contribution in [0.25, 0.3) is 0 Å². The maximum absolute atomic E-state index is 12.7. The number of hydrogen-bond donors (Lipinski definition) is 2. The third-order valence-electron chi connectivity index (χ3n) is 3.34. The highest BCUT2D eigenvalue weighted by molar-refractivity contribution is 6.34. The van der Waals surface area contributed by atoms with Crippen LogP contribution in [0.15, 0.2) is 42.6 Å². The lowest BCUT2D eigenvalue weighted by molar-refractivity contribution is 0.0954. The van der Waals surface area contributed by atoms with Gasteiger partial charge in [0.05, 0.1) is 5.02 Å². The standard InChI is InChI=1S/C14H15ClN4O/c1-9(16)13-17-18-8-7-11(15)12(18)14(20)19(13)10-5-3-2-4-6-10/h2-9,13,17H,16H2,1H3/t9-,13?/m0/s1. The number of benzene rings is 1. The molecule has 3 rings (SSSR count). The van der Waals surface area contributed by atoms with E-state index in [0.717, 1.165) is 5.69 Å². The monoisotopic (exact) mass is 290 g/mol. The summed E-state index contributed by atoms with van der Waals surface area (Å²) in [5.74, 6) is -0.160. The first-order chi connectivity index (χ1) is 9.59. The van der Waals surface area contributed by atoms with E-state index in [-0.39, 0.29) is 18.1 Å². The number of carbonyl (C=O) groups is 1. The minimum absolute atomic E-state index is 0.160. The van der Waals surface area contributed by atoms with E-state index in [1.54, 1.807) is 21.8 Å². The van der Waals surface area contributed by atoms with E-state index in [1.807, 2.05) is 37.3 Å². The van der Waals surface area contributed by atoms with Gasteiger partial charge in [-0.25, -0.2) is 0 Å². The molecule has 0 fully saturated rings. The van der Waals surface area contributed by atoms with Crippen LogP contribution in [-0.4, -0.2) is 22.8 Å². The molecule has 1 aromatic carbocycles. The Morgan fingerprint density at radius 1 is 1.30 bits per heavy atom. The number of carbonyl (C=O) groups excluding carboxylic acids is 1. The van der Waals surface area contributed by atoms with Crippen molar-refractivity contribution in [3.8, 4) is 0 Å². The lowest BCUT2D eigenvalue weighted by Crippen LogP contribution is -2.60. The van der Waals surface area contributed by atoms with Crippen LogP contribution in [0.2, 0.25) is 5.02 Å². The Labute approximate surface area is 121 Å². The molecule has 1 aromatic heterocycles. The summed E-state index contributed by atoms with van der Waals surface area (Å²) in [6.07, 6.45) is 1.40. The van der Waals surface area contributed by atoms with Crippen LogP contribution < -0.4 is 16.1 Å². The Morgan fingerprint density at radius 2 is 2.00 bits per heavy atom. The van der Waals surface area contributed by atoms with E-state index in [2.05, 4.69) is 5.43 Å². The first-order valence-corrected chi connectivity index (χ1v) is 6.75. The van der Waals surface area contributed by atoms with Crippen molar-refractivity contribution in [2.75, 3.05) is 10.3 Å². The third kappa shape index (κ3) is 1.95. The molecular weight excluding hydrogens is 276 g/mol. The molecule has 1 unspecified atom stereocenters. The molecule has 104 valence electrons. The largest absolute Gasteiger partial charge is 0.325 e. The molecule has 1 amide bonds. The Hall–Kier alpha value is -1.98. The first-order valence-electron chi connectivity index (χ1n) is 6.37. The van der Waals surface area contributed by atoms with Crippen molar-refractivity contribution in [3.63, 3.8) is 0 Å². The van der Waals surface area contributed by atoms with Gasteiger partial charge in [0.25, 0.3) is 5.91 Å². The van der Waals surface area contributed by atoms with Crippen LogP contribution in [0.4, 0.5) is 5.69 Å². The predicted molar refractivity (Wildman–Crippen MR) is 79.5 cm³/mol. The number of hydrogen-bond acceptors (Lipinski definition) is 3. The van der Waals surface area contributed by atoms with Crippen LogP contribution in [0, 0.1) is 0 Å². The van der Waals surface area contributed by atoms with Gasteiger partial charge in [-0.05, 0) is 25.1 Å². The summed E-state index contributed by atoms with van der Waals surface area (Å²) in [5, 5.41) is 0.423. The van der Waals surface area contributed by atoms with Crippen molar-refractivity contribution in [1.29, 1.82) is 0 Å². The Morgan fingerprint density at radius 3 is 2.65 bits per heavy atom. The van der Waals surface area contributed by atoms with E-state index >= 15 is 0 Å². The smallest absolute Gasteiger partial charge is 0.280 e. The van der Waals surface area contributed by atoms with Crippen LogP contribution in [0.3, 0.4) is 0 Å². The van der Waals surface area contributed by atoms with Crippen molar-refractivity contribution < 1.29 is 4.79 Å². The summed E-state index contributed by atoms with van der Waals surface area (Å²) in [5.41, 5.74) is 10.4. The highest BCUT2D eigenvalue weighted by atomic mass is 35.5. The average molecular weight is 291 g/mol. The zero-order valence-corrected chi connectivity index (χ0v) is 11.7. The summed E-state index contributed by atoms with van der Waals surface area (Å²) in [6.45, 7) is 1.86. The summed E-state index contributed by atoms with van der Waals surface area (Å²) < 4.78 is 1.64. The van der Waals surface area contributed by atoms with Crippen LogP contribution in [-0.2, 0) is 0 Å².